The Kier molecular flexibility index (Phi) is 8.78. The Hall–Kier alpha value is -3.43. The van der Waals surface area contributed by atoms with Gasteiger partial charge in [-0.15, -0.1) is 11.3 Å². The van der Waals surface area contributed by atoms with Gasteiger partial charge in [0.15, 0.2) is 0 Å². The van der Waals surface area contributed by atoms with E-state index in [1.54, 1.807) is 19.1 Å². The first-order chi connectivity index (χ1) is 17.9. The predicted octanol–water partition coefficient (Wildman–Crippen LogP) is 4.26. The molecule has 9 heteroatoms. The Balaban J connectivity index is 1.52. The summed E-state index contributed by atoms with van der Waals surface area (Å²) < 4.78 is 11.0. The van der Waals surface area contributed by atoms with Crippen LogP contribution in [-0.2, 0) is 17.9 Å². The molecule has 8 nitrogen and oxygen atoms in total. The number of benzene rings is 2. The number of methoxy groups -OCH3 is 2. The van der Waals surface area contributed by atoms with Crippen molar-refractivity contribution < 1.29 is 19.1 Å². The lowest BCUT2D eigenvalue weighted by Crippen LogP contribution is -2.41. The molecule has 0 saturated carbocycles. The number of piperidine rings is 1. The first-order valence-electron chi connectivity index (χ1n) is 12.4. The van der Waals surface area contributed by atoms with E-state index in [0.717, 1.165) is 22.1 Å². The number of ether oxygens (including phenoxy) is 2. The fourth-order valence-corrected chi connectivity index (χ4v) is 5.45. The molecule has 1 unspecified atom stereocenters. The molecule has 1 saturated heterocycles. The van der Waals surface area contributed by atoms with Crippen molar-refractivity contribution >= 4 is 23.2 Å². The minimum absolute atomic E-state index is 0.0927. The van der Waals surface area contributed by atoms with Crippen LogP contribution < -0.4 is 15.2 Å². The minimum Gasteiger partial charge on any atom is -0.497 e. The molecule has 196 valence electrons. The quantitative estimate of drug-likeness (QED) is 0.427. The molecule has 0 bridgehead atoms. The number of carbonyl (C=O) groups is 2. The van der Waals surface area contributed by atoms with Crippen molar-refractivity contribution in [3.8, 4) is 11.5 Å². The second-order valence-electron chi connectivity index (χ2n) is 9.26. The number of likely N-dealkylation sites (tertiary alicyclic amines) is 1. The third kappa shape index (κ3) is 6.47. The number of hydrogen-bond acceptors (Lipinski definition) is 7. The van der Waals surface area contributed by atoms with Crippen LogP contribution in [0, 0.1) is 5.92 Å². The summed E-state index contributed by atoms with van der Waals surface area (Å²) in [6.45, 7) is 4.43. The Morgan fingerprint density at radius 3 is 2.49 bits per heavy atom. The third-order valence-electron chi connectivity index (χ3n) is 6.99. The number of nitrogens with two attached hydrogens (primary N) is 1. The van der Waals surface area contributed by atoms with E-state index in [4.69, 9.17) is 20.2 Å². The monoisotopic (exact) mass is 522 g/mol. The molecule has 0 aliphatic carbocycles. The van der Waals surface area contributed by atoms with E-state index in [2.05, 4.69) is 24.0 Å². The van der Waals surface area contributed by atoms with Crippen molar-refractivity contribution in [2.24, 2.45) is 11.7 Å². The normalized spacial score (nSPS) is 15.0. The molecular weight excluding hydrogens is 488 g/mol. The van der Waals surface area contributed by atoms with Crippen molar-refractivity contribution in [1.29, 1.82) is 0 Å². The Morgan fingerprint density at radius 2 is 1.84 bits per heavy atom. The van der Waals surface area contributed by atoms with Crippen LogP contribution in [0.4, 0.5) is 0 Å². The van der Waals surface area contributed by atoms with E-state index < -0.39 is 0 Å². The highest BCUT2D eigenvalue weighted by molar-refractivity contribution is 7.09. The number of aromatic nitrogens is 1. The molecule has 1 aliphatic heterocycles. The van der Waals surface area contributed by atoms with Gasteiger partial charge >= 0.3 is 0 Å². The lowest BCUT2D eigenvalue weighted by Gasteiger charge is -2.30. The first kappa shape index (κ1) is 26.6. The molecule has 0 spiro atoms. The number of thiazole rings is 1. The van der Waals surface area contributed by atoms with Gasteiger partial charge in [-0.05, 0) is 31.4 Å². The van der Waals surface area contributed by atoms with Crippen molar-refractivity contribution in [1.82, 2.24) is 14.8 Å². The number of amides is 2. The SMILES string of the molecule is COc1ccc(CN(Cc2nc(C(=O)N3CCC(C(N)=O)CC3)cs2)C(C)c2ccccc2)c(OC)c1. The van der Waals surface area contributed by atoms with E-state index in [9.17, 15) is 9.59 Å². The van der Waals surface area contributed by atoms with Crippen LogP contribution in [0.5, 0.6) is 11.5 Å². The summed E-state index contributed by atoms with van der Waals surface area (Å²) in [6.07, 6.45) is 1.20. The average molecular weight is 523 g/mol. The maximum absolute atomic E-state index is 13.1. The standard InChI is InChI=1S/C28H34N4O4S/c1-19(20-7-5-4-6-8-20)32(16-22-9-10-23(35-2)15-25(22)36-3)17-26-30-24(18-37-26)28(34)31-13-11-21(12-14-31)27(29)33/h4-10,15,18-19,21H,11-14,16-17H2,1-3H3,(H2,29,33). The zero-order valence-corrected chi connectivity index (χ0v) is 22.4. The number of hydrogen-bond donors (Lipinski definition) is 1. The highest BCUT2D eigenvalue weighted by Crippen LogP contribution is 2.31. The minimum atomic E-state index is -0.288. The van der Waals surface area contributed by atoms with Crippen LogP contribution in [0.1, 0.15) is 52.4 Å². The maximum Gasteiger partial charge on any atom is 0.273 e. The van der Waals surface area contributed by atoms with Gasteiger partial charge in [0.05, 0.1) is 20.8 Å². The van der Waals surface area contributed by atoms with E-state index in [0.29, 0.717) is 44.7 Å². The van der Waals surface area contributed by atoms with Crippen LogP contribution in [0.2, 0.25) is 0 Å². The number of nitrogens with zero attached hydrogens (tertiary/aromatic N) is 3. The fraction of sp³-hybridized carbons (Fsp3) is 0.393. The highest BCUT2D eigenvalue weighted by atomic mass is 32.1. The topological polar surface area (TPSA) is 98.0 Å². The van der Waals surface area contributed by atoms with Gasteiger partial charge in [0.25, 0.3) is 5.91 Å². The van der Waals surface area contributed by atoms with Crippen LogP contribution in [0.25, 0.3) is 0 Å². The highest BCUT2D eigenvalue weighted by Gasteiger charge is 2.28. The van der Waals surface area contributed by atoms with Crippen molar-refractivity contribution in [3.05, 3.63) is 75.7 Å². The van der Waals surface area contributed by atoms with E-state index in [1.807, 2.05) is 41.8 Å². The van der Waals surface area contributed by atoms with Crippen LogP contribution in [0.15, 0.2) is 53.9 Å². The predicted molar refractivity (Wildman–Crippen MR) is 144 cm³/mol. The number of carbonyl (C=O) groups excluding carboxylic acids is 2. The molecule has 2 N–H and O–H groups in total. The molecule has 2 aromatic carbocycles. The molecule has 3 aromatic rings. The average Bonchev–Trinajstić information content (AvgIpc) is 3.41. The molecule has 1 aliphatic rings. The van der Waals surface area contributed by atoms with Gasteiger partial charge in [-0.2, -0.15) is 0 Å². The molecule has 1 aromatic heterocycles. The summed E-state index contributed by atoms with van der Waals surface area (Å²) in [7, 11) is 3.30. The van der Waals surface area contributed by atoms with Gasteiger partial charge in [0.1, 0.15) is 22.2 Å². The lowest BCUT2D eigenvalue weighted by molar-refractivity contribution is -0.123. The van der Waals surface area contributed by atoms with Crippen LogP contribution >= 0.6 is 11.3 Å². The summed E-state index contributed by atoms with van der Waals surface area (Å²) in [6, 6.07) is 16.3. The van der Waals surface area contributed by atoms with Crippen LogP contribution in [-0.4, -0.2) is 53.9 Å². The van der Waals surface area contributed by atoms with Gasteiger partial charge in [-0.25, -0.2) is 4.98 Å². The Morgan fingerprint density at radius 1 is 1.11 bits per heavy atom. The maximum atomic E-state index is 13.1. The molecule has 4 rings (SSSR count). The van der Waals surface area contributed by atoms with E-state index in [-0.39, 0.29) is 23.8 Å². The number of rotatable bonds is 10. The summed E-state index contributed by atoms with van der Waals surface area (Å²) >= 11 is 1.49. The molecule has 0 radical (unpaired) electrons. The van der Waals surface area contributed by atoms with Gasteiger partial charge in [-0.1, -0.05) is 36.4 Å². The molecule has 1 fully saturated rings. The lowest BCUT2D eigenvalue weighted by atomic mass is 9.96. The third-order valence-corrected chi connectivity index (χ3v) is 7.82. The van der Waals surface area contributed by atoms with Gasteiger partial charge in [-0.3, -0.25) is 14.5 Å². The van der Waals surface area contributed by atoms with Gasteiger partial charge < -0.3 is 20.1 Å². The largest absolute Gasteiger partial charge is 0.497 e. The summed E-state index contributed by atoms with van der Waals surface area (Å²) in [5, 5.41) is 2.70. The number of primary amides is 1. The van der Waals surface area contributed by atoms with Crippen LogP contribution in [0.3, 0.4) is 0 Å². The summed E-state index contributed by atoms with van der Waals surface area (Å²) in [5.41, 5.74) is 8.12. The van der Waals surface area contributed by atoms with E-state index in [1.165, 1.54) is 16.9 Å². The zero-order chi connectivity index (χ0) is 26.4. The van der Waals surface area contributed by atoms with Crippen molar-refractivity contribution in [2.75, 3.05) is 27.3 Å². The van der Waals surface area contributed by atoms with Crippen molar-refractivity contribution in [3.63, 3.8) is 0 Å². The first-order valence-corrected chi connectivity index (χ1v) is 13.3. The molecule has 1 atom stereocenters. The van der Waals surface area contributed by atoms with E-state index >= 15 is 0 Å². The zero-order valence-electron chi connectivity index (χ0n) is 21.6. The Bertz CT molecular complexity index is 1210. The second-order valence-corrected chi connectivity index (χ2v) is 10.2. The Labute approximate surface area is 222 Å². The molecule has 2 heterocycles. The second kappa shape index (κ2) is 12.2. The fourth-order valence-electron chi connectivity index (χ4n) is 4.66. The van der Waals surface area contributed by atoms with Gasteiger partial charge in [0, 0.05) is 48.6 Å². The summed E-state index contributed by atoms with van der Waals surface area (Å²) in [5.74, 6) is 0.970. The molecule has 2 amide bonds. The van der Waals surface area contributed by atoms with Crippen molar-refractivity contribution in [2.45, 2.75) is 38.9 Å². The molecular formula is C28H34N4O4S. The smallest absolute Gasteiger partial charge is 0.273 e. The van der Waals surface area contributed by atoms with Gasteiger partial charge in [0.2, 0.25) is 5.91 Å². The molecule has 37 heavy (non-hydrogen) atoms. The summed E-state index contributed by atoms with van der Waals surface area (Å²) in [4.78, 5) is 33.3.